The van der Waals surface area contributed by atoms with Gasteiger partial charge in [-0.25, -0.2) is 0 Å². The van der Waals surface area contributed by atoms with Gasteiger partial charge in [0.2, 0.25) is 0 Å². The van der Waals surface area contributed by atoms with Gasteiger partial charge < -0.3 is 10.6 Å². The van der Waals surface area contributed by atoms with E-state index in [-0.39, 0.29) is 5.41 Å². The molecule has 96 valence electrons. The van der Waals surface area contributed by atoms with E-state index in [4.69, 9.17) is 0 Å². The molecule has 1 aliphatic carbocycles. The summed E-state index contributed by atoms with van der Waals surface area (Å²) in [4.78, 5) is 1.48. The lowest BCUT2D eigenvalue weighted by Gasteiger charge is -2.25. The number of thiophene rings is 1. The predicted molar refractivity (Wildman–Crippen MR) is 75.8 cm³/mol. The van der Waals surface area contributed by atoms with Crippen LogP contribution in [-0.2, 0) is 5.41 Å². The normalized spacial score (nSPS) is 18.3. The van der Waals surface area contributed by atoms with E-state index in [2.05, 4.69) is 49.0 Å². The van der Waals surface area contributed by atoms with Crippen molar-refractivity contribution in [1.82, 2.24) is 10.6 Å². The summed E-state index contributed by atoms with van der Waals surface area (Å²) in [5.41, 5.74) is 0.810. The molecule has 1 heterocycles. The van der Waals surface area contributed by atoms with E-state index in [1.54, 1.807) is 0 Å². The van der Waals surface area contributed by atoms with Crippen LogP contribution in [0.5, 0.6) is 0 Å². The lowest BCUT2D eigenvalue weighted by molar-refractivity contribution is 0.399. The van der Waals surface area contributed by atoms with Gasteiger partial charge in [0.25, 0.3) is 0 Å². The van der Waals surface area contributed by atoms with Crippen molar-refractivity contribution >= 4 is 11.3 Å². The standard InChI is InChI=1S/C14H24N2S/c1-13(2,12-5-4-8-17-12)9-16-11-14(6-7-14)10-15-3/h4-5,8,15-16H,6-7,9-11H2,1-3H3. The third kappa shape index (κ3) is 3.30. The van der Waals surface area contributed by atoms with Crippen molar-refractivity contribution in [2.45, 2.75) is 32.1 Å². The first-order chi connectivity index (χ1) is 8.08. The van der Waals surface area contributed by atoms with Crippen molar-refractivity contribution in [3.63, 3.8) is 0 Å². The van der Waals surface area contributed by atoms with E-state index < -0.39 is 0 Å². The maximum atomic E-state index is 3.67. The first-order valence-electron chi connectivity index (χ1n) is 6.47. The minimum atomic E-state index is 0.254. The Morgan fingerprint density at radius 3 is 2.65 bits per heavy atom. The van der Waals surface area contributed by atoms with E-state index in [1.807, 2.05) is 11.3 Å². The second-order valence-electron chi connectivity index (χ2n) is 6.00. The molecule has 2 nitrogen and oxygen atoms in total. The average Bonchev–Trinajstić information content (AvgIpc) is 2.83. The smallest absolute Gasteiger partial charge is 0.0115 e. The molecule has 1 aliphatic rings. The summed E-state index contributed by atoms with van der Waals surface area (Å²) in [5, 5.41) is 9.14. The molecule has 0 unspecified atom stereocenters. The van der Waals surface area contributed by atoms with Crippen LogP contribution in [0.25, 0.3) is 0 Å². The zero-order valence-corrected chi connectivity index (χ0v) is 12.0. The molecule has 0 bridgehead atoms. The Labute approximate surface area is 109 Å². The first kappa shape index (κ1) is 13.1. The van der Waals surface area contributed by atoms with E-state index in [0.717, 1.165) is 19.6 Å². The van der Waals surface area contributed by atoms with Gasteiger partial charge in [0, 0.05) is 29.9 Å². The zero-order chi connectivity index (χ0) is 12.4. The monoisotopic (exact) mass is 252 g/mol. The molecule has 0 radical (unpaired) electrons. The molecule has 0 aromatic carbocycles. The topological polar surface area (TPSA) is 24.1 Å². The highest BCUT2D eigenvalue weighted by Gasteiger charge is 2.41. The van der Waals surface area contributed by atoms with Crippen molar-refractivity contribution < 1.29 is 0 Å². The fraction of sp³-hybridized carbons (Fsp3) is 0.714. The van der Waals surface area contributed by atoms with Gasteiger partial charge in [0.05, 0.1) is 0 Å². The molecule has 3 heteroatoms. The quantitative estimate of drug-likeness (QED) is 0.779. The van der Waals surface area contributed by atoms with Gasteiger partial charge in [0.1, 0.15) is 0 Å². The van der Waals surface area contributed by atoms with Crippen LogP contribution in [-0.4, -0.2) is 26.7 Å². The second kappa shape index (κ2) is 5.09. The molecule has 0 atom stereocenters. The first-order valence-corrected chi connectivity index (χ1v) is 7.35. The molecule has 0 saturated heterocycles. The summed E-state index contributed by atoms with van der Waals surface area (Å²) in [7, 11) is 2.05. The van der Waals surface area contributed by atoms with Crippen LogP contribution in [0, 0.1) is 5.41 Å². The SMILES string of the molecule is CNCC1(CNCC(C)(C)c2cccs2)CC1. The van der Waals surface area contributed by atoms with Crippen LogP contribution >= 0.6 is 11.3 Å². The van der Waals surface area contributed by atoms with Crippen molar-refractivity contribution in [2.75, 3.05) is 26.7 Å². The van der Waals surface area contributed by atoms with E-state index >= 15 is 0 Å². The Hall–Kier alpha value is -0.380. The number of hydrogen-bond acceptors (Lipinski definition) is 3. The number of nitrogens with one attached hydrogen (secondary N) is 2. The third-order valence-electron chi connectivity index (χ3n) is 3.76. The molecule has 1 fully saturated rings. The lowest BCUT2D eigenvalue weighted by Crippen LogP contribution is -2.38. The molecule has 1 aromatic rings. The van der Waals surface area contributed by atoms with Gasteiger partial charge in [-0.3, -0.25) is 0 Å². The zero-order valence-electron chi connectivity index (χ0n) is 11.2. The third-order valence-corrected chi connectivity index (χ3v) is 5.00. The highest BCUT2D eigenvalue weighted by atomic mass is 32.1. The van der Waals surface area contributed by atoms with Crippen molar-refractivity contribution in [2.24, 2.45) is 5.41 Å². The molecule has 1 aromatic heterocycles. The fourth-order valence-electron chi connectivity index (χ4n) is 2.36. The van der Waals surface area contributed by atoms with E-state index in [1.165, 1.54) is 17.7 Å². The Bertz CT molecular complexity index is 339. The fourth-order valence-corrected chi connectivity index (χ4v) is 3.21. The minimum Gasteiger partial charge on any atom is -0.319 e. The number of hydrogen-bond donors (Lipinski definition) is 2. The van der Waals surface area contributed by atoms with Gasteiger partial charge in [-0.2, -0.15) is 0 Å². The maximum absolute atomic E-state index is 3.67. The lowest BCUT2D eigenvalue weighted by atomic mass is 9.91. The largest absolute Gasteiger partial charge is 0.319 e. The Morgan fingerprint density at radius 2 is 2.12 bits per heavy atom. The van der Waals surface area contributed by atoms with Crippen LogP contribution in [0.4, 0.5) is 0 Å². The van der Waals surface area contributed by atoms with Crippen LogP contribution in [0.1, 0.15) is 31.6 Å². The van der Waals surface area contributed by atoms with Gasteiger partial charge in [-0.05, 0) is 36.8 Å². The van der Waals surface area contributed by atoms with Crippen molar-refractivity contribution in [3.05, 3.63) is 22.4 Å². The Morgan fingerprint density at radius 1 is 1.35 bits per heavy atom. The maximum Gasteiger partial charge on any atom is 0.0115 e. The van der Waals surface area contributed by atoms with Gasteiger partial charge in [-0.15, -0.1) is 11.3 Å². The summed E-state index contributed by atoms with van der Waals surface area (Å²) in [6.45, 7) is 8.02. The van der Waals surface area contributed by atoms with Crippen LogP contribution < -0.4 is 10.6 Å². The van der Waals surface area contributed by atoms with Crippen LogP contribution in [0.15, 0.2) is 17.5 Å². The summed E-state index contributed by atoms with van der Waals surface area (Å²) in [5.74, 6) is 0. The molecule has 2 rings (SSSR count). The van der Waals surface area contributed by atoms with Crippen LogP contribution in [0.3, 0.4) is 0 Å². The van der Waals surface area contributed by atoms with Gasteiger partial charge in [0.15, 0.2) is 0 Å². The summed E-state index contributed by atoms with van der Waals surface area (Å²) < 4.78 is 0. The molecule has 0 amide bonds. The highest BCUT2D eigenvalue weighted by molar-refractivity contribution is 7.10. The summed E-state index contributed by atoms with van der Waals surface area (Å²) >= 11 is 1.86. The molecule has 0 aliphatic heterocycles. The van der Waals surface area contributed by atoms with Crippen molar-refractivity contribution in [3.8, 4) is 0 Å². The van der Waals surface area contributed by atoms with E-state index in [9.17, 15) is 0 Å². The minimum absolute atomic E-state index is 0.254. The van der Waals surface area contributed by atoms with Crippen molar-refractivity contribution in [1.29, 1.82) is 0 Å². The van der Waals surface area contributed by atoms with Gasteiger partial charge in [-0.1, -0.05) is 19.9 Å². The van der Waals surface area contributed by atoms with E-state index in [0.29, 0.717) is 5.41 Å². The molecule has 1 saturated carbocycles. The molecule has 17 heavy (non-hydrogen) atoms. The van der Waals surface area contributed by atoms with Gasteiger partial charge >= 0.3 is 0 Å². The second-order valence-corrected chi connectivity index (χ2v) is 6.94. The Kier molecular flexibility index (Phi) is 3.91. The predicted octanol–water partition coefficient (Wildman–Crippen LogP) is 2.61. The number of rotatable bonds is 7. The summed E-state index contributed by atoms with van der Waals surface area (Å²) in [6.07, 6.45) is 2.75. The molecule has 0 spiro atoms. The molecular formula is C14H24N2S. The summed E-state index contributed by atoms with van der Waals surface area (Å²) in [6, 6.07) is 4.39. The van der Waals surface area contributed by atoms with Crippen LogP contribution in [0.2, 0.25) is 0 Å². The molecule has 2 N–H and O–H groups in total. The Balaban J connectivity index is 1.78. The molecular weight excluding hydrogens is 228 g/mol. The average molecular weight is 252 g/mol. The highest BCUT2D eigenvalue weighted by Crippen LogP contribution is 2.44.